The molecule has 0 spiro atoms. The maximum atomic E-state index is 12.6. The summed E-state index contributed by atoms with van der Waals surface area (Å²) in [6.07, 6.45) is 1.90. The molecule has 1 aromatic heterocycles. The van der Waals surface area contributed by atoms with E-state index < -0.39 is 0 Å². The summed E-state index contributed by atoms with van der Waals surface area (Å²) in [7, 11) is 0. The lowest BCUT2D eigenvalue weighted by atomic mass is 10.1. The number of aromatic nitrogens is 1. The van der Waals surface area contributed by atoms with Crippen LogP contribution in [0.25, 0.3) is 10.9 Å². The molecule has 0 bridgehead atoms. The minimum atomic E-state index is -0.0586. The largest absolute Gasteiger partial charge is 0.376 e. The Morgan fingerprint density at radius 1 is 1.35 bits per heavy atom. The van der Waals surface area contributed by atoms with Gasteiger partial charge in [-0.2, -0.15) is 0 Å². The molecule has 2 aromatic rings. The van der Waals surface area contributed by atoms with E-state index in [-0.39, 0.29) is 12.0 Å². The highest BCUT2D eigenvalue weighted by Crippen LogP contribution is 2.22. The molecule has 1 aliphatic rings. The Morgan fingerprint density at radius 3 is 2.91 bits per heavy atom. The average molecular weight is 316 g/mol. The molecule has 2 heterocycles. The van der Waals surface area contributed by atoms with E-state index in [1.54, 1.807) is 0 Å². The molecule has 23 heavy (non-hydrogen) atoms. The van der Waals surface area contributed by atoms with Crippen LogP contribution >= 0.6 is 0 Å². The van der Waals surface area contributed by atoms with E-state index in [0.29, 0.717) is 32.3 Å². The summed E-state index contributed by atoms with van der Waals surface area (Å²) in [5, 5.41) is 3.96. The zero-order valence-corrected chi connectivity index (χ0v) is 13.7. The van der Waals surface area contributed by atoms with Gasteiger partial charge in [0.15, 0.2) is 0 Å². The van der Waals surface area contributed by atoms with Crippen LogP contribution in [0.3, 0.4) is 0 Å². The van der Waals surface area contributed by atoms with Crippen molar-refractivity contribution in [1.29, 1.82) is 0 Å². The second kappa shape index (κ2) is 7.15. The van der Waals surface area contributed by atoms with Crippen LogP contribution in [-0.2, 0) is 16.0 Å². The molecule has 1 saturated heterocycles. The Balaban J connectivity index is 1.76. The third-order valence-electron chi connectivity index (χ3n) is 3.97. The van der Waals surface area contributed by atoms with E-state index in [2.05, 4.69) is 29.8 Å². The molecule has 124 valence electrons. The zero-order chi connectivity index (χ0) is 16.2. The predicted molar refractivity (Wildman–Crippen MR) is 89.7 cm³/mol. The molecule has 1 fully saturated rings. The third kappa shape index (κ3) is 3.74. The second-order valence-electron chi connectivity index (χ2n) is 6.38. The minimum Gasteiger partial charge on any atom is -0.376 e. The number of hydrogen-bond acceptors (Lipinski definition) is 3. The Labute approximate surface area is 136 Å². The van der Waals surface area contributed by atoms with E-state index in [1.807, 2.05) is 24.4 Å². The predicted octanol–water partition coefficient (Wildman–Crippen LogP) is 2.44. The van der Waals surface area contributed by atoms with Crippen molar-refractivity contribution < 1.29 is 14.3 Å². The SMILES string of the molecule is CC(C)Cn1cc(C(=O)NC[C@H]2COCCO2)c2ccccc21. The second-order valence-corrected chi connectivity index (χ2v) is 6.38. The van der Waals surface area contributed by atoms with Crippen molar-refractivity contribution in [3.05, 3.63) is 36.0 Å². The third-order valence-corrected chi connectivity index (χ3v) is 3.97. The fourth-order valence-corrected chi connectivity index (χ4v) is 2.93. The van der Waals surface area contributed by atoms with Crippen molar-refractivity contribution in [2.45, 2.75) is 26.5 Å². The van der Waals surface area contributed by atoms with E-state index in [4.69, 9.17) is 9.47 Å². The van der Waals surface area contributed by atoms with Crippen LogP contribution in [0.4, 0.5) is 0 Å². The lowest BCUT2D eigenvalue weighted by molar-refractivity contribution is -0.0855. The Hall–Kier alpha value is -1.85. The van der Waals surface area contributed by atoms with E-state index in [9.17, 15) is 4.79 Å². The van der Waals surface area contributed by atoms with Crippen LogP contribution in [0.2, 0.25) is 0 Å². The van der Waals surface area contributed by atoms with Gasteiger partial charge in [0.25, 0.3) is 5.91 Å². The van der Waals surface area contributed by atoms with E-state index >= 15 is 0 Å². The topological polar surface area (TPSA) is 52.5 Å². The van der Waals surface area contributed by atoms with Gasteiger partial charge in [0, 0.05) is 30.2 Å². The van der Waals surface area contributed by atoms with Gasteiger partial charge in [-0.1, -0.05) is 32.0 Å². The molecular weight excluding hydrogens is 292 g/mol. The number of fused-ring (bicyclic) bond motifs is 1. The highest BCUT2D eigenvalue weighted by molar-refractivity contribution is 6.07. The molecule has 0 aliphatic carbocycles. The Morgan fingerprint density at radius 2 is 2.17 bits per heavy atom. The smallest absolute Gasteiger partial charge is 0.253 e. The van der Waals surface area contributed by atoms with Crippen molar-refractivity contribution in [3.8, 4) is 0 Å². The van der Waals surface area contributed by atoms with Crippen LogP contribution in [-0.4, -0.2) is 42.9 Å². The standard InChI is InChI=1S/C18H24N2O3/c1-13(2)10-20-11-16(15-5-3-4-6-17(15)20)18(21)19-9-14-12-22-7-8-23-14/h3-6,11,13-14H,7-10,12H2,1-2H3,(H,19,21)/t14-/m0/s1. The number of amides is 1. The van der Waals surface area contributed by atoms with Crippen LogP contribution in [0.15, 0.2) is 30.5 Å². The average Bonchev–Trinajstić information content (AvgIpc) is 2.92. The molecule has 1 atom stereocenters. The number of nitrogens with zero attached hydrogens (tertiary/aromatic N) is 1. The fourth-order valence-electron chi connectivity index (χ4n) is 2.93. The van der Waals surface area contributed by atoms with Crippen molar-refractivity contribution >= 4 is 16.8 Å². The first-order valence-corrected chi connectivity index (χ1v) is 8.20. The molecule has 1 amide bonds. The maximum absolute atomic E-state index is 12.6. The number of nitrogens with one attached hydrogen (secondary N) is 1. The number of rotatable bonds is 5. The van der Waals surface area contributed by atoms with Gasteiger partial charge >= 0.3 is 0 Å². The highest BCUT2D eigenvalue weighted by Gasteiger charge is 2.18. The number of hydrogen-bond donors (Lipinski definition) is 1. The molecule has 1 aliphatic heterocycles. The molecule has 5 nitrogen and oxygen atoms in total. The molecule has 1 N–H and O–H groups in total. The number of para-hydroxylation sites is 1. The van der Waals surface area contributed by atoms with Crippen molar-refractivity contribution in [3.63, 3.8) is 0 Å². The Bertz CT molecular complexity index is 672. The minimum absolute atomic E-state index is 0.0575. The summed E-state index contributed by atoms with van der Waals surface area (Å²) < 4.78 is 13.1. The van der Waals surface area contributed by atoms with Gasteiger partial charge in [-0.15, -0.1) is 0 Å². The van der Waals surface area contributed by atoms with Gasteiger partial charge in [0.1, 0.15) is 0 Å². The van der Waals surface area contributed by atoms with Gasteiger partial charge in [0.05, 0.1) is 31.5 Å². The van der Waals surface area contributed by atoms with Gasteiger partial charge in [-0.25, -0.2) is 0 Å². The Kier molecular flexibility index (Phi) is 4.98. The normalized spacial score (nSPS) is 18.5. The number of ether oxygens (including phenoxy) is 2. The van der Waals surface area contributed by atoms with Crippen LogP contribution < -0.4 is 5.32 Å². The van der Waals surface area contributed by atoms with Crippen LogP contribution in [0, 0.1) is 5.92 Å². The van der Waals surface area contributed by atoms with Crippen molar-refractivity contribution in [1.82, 2.24) is 9.88 Å². The van der Waals surface area contributed by atoms with Gasteiger partial charge in [-0.05, 0) is 12.0 Å². The zero-order valence-electron chi connectivity index (χ0n) is 13.7. The number of benzene rings is 1. The van der Waals surface area contributed by atoms with E-state index in [1.165, 1.54) is 0 Å². The van der Waals surface area contributed by atoms with Crippen molar-refractivity contribution in [2.75, 3.05) is 26.4 Å². The van der Waals surface area contributed by atoms with Gasteiger partial charge in [0.2, 0.25) is 0 Å². The summed E-state index contributed by atoms with van der Waals surface area (Å²) in [5.41, 5.74) is 1.82. The highest BCUT2D eigenvalue weighted by atomic mass is 16.6. The lowest BCUT2D eigenvalue weighted by Crippen LogP contribution is -2.39. The first-order chi connectivity index (χ1) is 11.1. The molecule has 1 aromatic carbocycles. The van der Waals surface area contributed by atoms with Gasteiger partial charge < -0.3 is 19.4 Å². The quantitative estimate of drug-likeness (QED) is 0.922. The van der Waals surface area contributed by atoms with Crippen molar-refractivity contribution in [2.24, 2.45) is 5.92 Å². The molecule has 0 unspecified atom stereocenters. The monoisotopic (exact) mass is 316 g/mol. The first kappa shape index (κ1) is 16.0. The summed E-state index contributed by atoms with van der Waals surface area (Å²) in [6.45, 7) is 7.48. The van der Waals surface area contributed by atoms with Crippen LogP contribution in [0.1, 0.15) is 24.2 Å². The first-order valence-electron chi connectivity index (χ1n) is 8.20. The molecular formula is C18H24N2O3. The number of carbonyl (C=O) groups excluding carboxylic acids is 1. The summed E-state index contributed by atoms with van der Waals surface area (Å²) in [6, 6.07) is 8.04. The molecule has 0 radical (unpaired) electrons. The summed E-state index contributed by atoms with van der Waals surface area (Å²) in [4.78, 5) is 12.6. The van der Waals surface area contributed by atoms with Crippen LogP contribution in [0.5, 0.6) is 0 Å². The fraction of sp³-hybridized carbons (Fsp3) is 0.500. The lowest BCUT2D eigenvalue weighted by Gasteiger charge is -2.22. The molecule has 0 saturated carbocycles. The van der Waals surface area contributed by atoms with E-state index in [0.717, 1.165) is 23.0 Å². The maximum Gasteiger partial charge on any atom is 0.253 e. The summed E-state index contributed by atoms with van der Waals surface area (Å²) >= 11 is 0. The molecule has 3 rings (SSSR count). The number of carbonyl (C=O) groups is 1. The molecule has 5 heteroatoms. The van der Waals surface area contributed by atoms with Gasteiger partial charge in [-0.3, -0.25) is 4.79 Å². The summed E-state index contributed by atoms with van der Waals surface area (Å²) in [5.74, 6) is 0.465.